The molecule has 0 saturated heterocycles. The Morgan fingerprint density at radius 3 is 2.50 bits per heavy atom. The standard InChI is InChI=1S/C40H46ClFN2O8/c1-40(39(46)50-5,21-27-12-17-35(33(42)18-27)51-25-29-19-37(41)43-34-9-7-6-8-32(29)34)22-38(45)44(52-24-26-10-14-30(47-2)15-11-26)23-28-13-16-31(48-3)20-36(28)49-4/h6-10,12-14,16-17,19-20,28,33,36H,11,15,18,21-25H2,1-5H3/t28-,33?,36?,40+/m1/s1. The molecule has 1 heterocycles. The molecule has 0 aliphatic heterocycles. The van der Waals surface area contributed by atoms with E-state index in [-0.39, 0.29) is 56.8 Å². The molecule has 52 heavy (non-hydrogen) atoms. The molecule has 0 N–H and O–H groups in total. The monoisotopic (exact) mass is 736 g/mol. The fraction of sp³-hybridized carbons (Fsp3) is 0.425. The number of allylic oxidation sites excluding steroid dienone is 8. The van der Waals surface area contributed by atoms with Crippen LogP contribution >= 0.6 is 11.6 Å². The smallest absolute Gasteiger partial charge is 0.312 e. The Morgan fingerprint density at radius 1 is 1.02 bits per heavy atom. The van der Waals surface area contributed by atoms with Crippen LogP contribution in [0.3, 0.4) is 0 Å². The summed E-state index contributed by atoms with van der Waals surface area (Å²) in [6.07, 6.45) is 12.2. The third-order valence-electron chi connectivity index (χ3n) is 9.52. The van der Waals surface area contributed by atoms with Crippen molar-refractivity contribution in [2.45, 2.75) is 57.9 Å². The molecule has 2 aromatic rings. The van der Waals surface area contributed by atoms with Gasteiger partial charge in [-0.15, -0.1) is 0 Å². The molecule has 5 rings (SSSR count). The van der Waals surface area contributed by atoms with Crippen LogP contribution in [0.5, 0.6) is 0 Å². The summed E-state index contributed by atoms with van der Waals surface area (Å²) >= 11 is 6.22. The molecule has 0 saturated carbocycles. The molecular weight excluding hydrogens is 691 g/mol. The van der Waals surface area contributed by atoms with E-state index in [2.05, 4.69) is 4.98 Å². The highest BCUT2D eigenvalue weighted by molar-refractivity contribution is 6.29. The summed E-state index contributed by atoms with van der Waals surface area (Å²) < 4.78 is 43.2. The Morgan fingerprint density at radius 2 is 1.81 bits per heavy atom. The van der Waals surface area contributed by atoms with E-state index in [1.807, 2.05) is 54.6 Å². The van der Waals surface area contributed by atoms with Crippen LogP contribution in [-0.2, 0) is 44.7 Å². The molecule has 12 heteroatoms. The zero-order valence-corrected chi connectivity index (χ0v) is 31.0. The van der Waals surface area contributed by atoms with Crippen LogP contribution in [-0.4, -0.2) is 75.8 Å². The van der Waals surface area contributed by atoms with E-state index in [9.17, 15) is 9.59 Å². The van der Waals surface area contributed by atoms with Gasteiger partial charge in [-0.2, -0.15) is 0 Å². The van der Waals surface area contributed by atoms with Crippen molar-refractivity contribution in [2.75, 3.05) is 41.6 Å². The number of aromatic nitrogens is 1. The van der Waals surface area contributed by atoms with Gasteiger partial charge in [-0.25, -0.2) is 14.4 Å². The quantitative estimate of drug-likeness (QED) is 0.0976. The Kier molecular flexibility index (Phi) is 13.3. The van der Waals surface area contributed by atoms with Gasteiger partial charge in [-0.1, -0.05) is 53.6 Å². The number of hydrogen-bond donors (Lipinski definition) is 0. The fourth-order valence-corrected chi connectivity index (χ4v) is 6.81. The summed E-state index contributed by atoms with van der Waals surface area (Å²) in [5, 5.41) is 2.50. The number of ether oxygens (including phenoxy) is 5. The largest absolute Gasteiger partial charge is 0.501 e. The lowest BCUT2D eigenvalue weighted by Gasteiger charge is -2.34. The number of para-hydroxylation sites is 1. The van der Waals surface area contributed by atoms with E-state index in [4.69, 9.17) is 40.1 Å². The Hall–Kier alpha value is -4.45. The lowest BCUT2D eigenvalue weighted by Crippen LogP contribution is -2.43. The summed E-state index contributed by atoms with van der Waals surface area (Å²) in [7, 11) is 6.08. The maximum absolute atomic E-state index is 15.6. The first-order valence-corrected chi connectivity index (χ1v) is 17.5. The number of methoxy groups -OCH3 is 4. The van der Waals surface area contributed by atoms with Crippen molar-refractivity contribution in [2.24, 2.45) is 11.3 Å². The second kappa shape index (κ2) is 17.9. The number of hydrogen-bond acceptors (Lipinski definition) is 9. The minimum absolute atomic E-state index is 0.00758. The molecule has 4 atom stereocenters. The Labute approximate surface area is 309 Å². The molecule has 10 nitrogen and oxygen atoms in total. The van der Waals surface area contributed by atoms with E-state index < -0.39 is 23.5 Å². The van der Waals surface area contributed by atoms with Gasteiger partial charge in [-0.3, -0.25) is 14.4 Å². The van der Waals surface area contributed by atoms with Gasteiger partial charge >= 0.3 is 5.97 Å². The van der Waals surface area contributed by atoms with Crippen LogP contribution in [0.1, 0.15) is 44.6 Å². The normalized spacial score (nSPS) is 21.1. The van der Waals surface area contributed by atoms with Gasteiger partial charge in [0.05, 0.1) is 57.3 Å². The van der Waals surface area contributed by atoms with Crippen LogP contribution < -0.4 is 0 Å². The van der Waals surface area contributed by atoms with E-state index in [0.717, 1.165) is 40.6 Å². The second-order valence-corrected chi connectivity index (χ2v) is 13.7. The first-order chi connectivity index (χ1) is 25.0. The van der Waals surface area contributed by atoms with Gasteiger partial charge in [0.2, 0.25) is 5.91 Å². The third kappa shape index (κ3) is 9.70. The zero-order valence-electron chi connectivity index (χ0n) is 30.2. The number of amides is 1. The minimum atomic E-state index is -1.45. The van der Waals surface area contributed by atoms with Gasteiger partial charge in [0.25, 0.3) is 0 Å². The summed E-state index contributed by atoms with van der Waals surface area (Å²) in [4.78, 5) is 38.0. The van der Waals surface area contributed by atoms with Crippen LogP contribution in [0.2, 0.25) is 5.15 Å². The SMILES string of the molecule is COC(=O)[C@](C)(CC(=O)N(C[C@H]1C=CC(OC)=CC1OC)OCC1=CC=C(OC)CC1)CC1=CC=C(OCc2cc(Cl)nc3ccccc23)C(F)C1. The number of pyridine rings is 1. The van der Waals surface area contributed by atoms with E-state index in [1.165, 1.54) is 12.2 Å². The van der Waals surface area contributed by atoms with Crippen molar-refractivity contribution in [1.82, 2.24) is 10.0 Å². The number of carbonyl (C=O) groups excluding carboxylic acids is 2. The lowest BCUT2D eigenvalue weighted by atomic mass is 9.78. The Bertz CT molecular complexity index is 1820. The fourth-order valence-electron chi connectivity index (χ4n) is 6.58. The first kappa shape index (κ1) is 38.8. The highest BCUT2D eigenvalue weighted by atomic mass is 35.5. The number of hydroxylamine groups is 2. The number of halogens is 2. The van der Waals surface area contributed by atoms with E-state index in [1.54, 1.807) is 46.5 Å². The number of benzene rings is 1. The van der Waals surface area contributed by atoms with Gasteiger partial charge < -0.3 is 23.7 Å². The number of rotatable bonds is 16. The Balaban J connectivity index is 1.31. The summed E-state index contributed by atoms with van der Waals surface area (Å²) in [6.45, 7) is 2.09. The van der Waals surface area contributed by atoms with Crippen molar-refractivity contribution in [1.29, 1.82) is 0 Å². The lowest BCUT2D eigenvalue weighted by molar-refractivity contribution is -0.191. The third-order valence-corrected chi connectivity index (χ3v) is 9.72. The molecule has 1 aromatic carbocycles. The number of alkyl halides is 1. The molecular formula is C40H46ClFN2O8. The highest BCUT2D eigenvalue weighted by Crippen LogP contribution is 2.37. The molecule has 0 bridgehead atoms. The molecule has 1 aromatic heterocycles. The highest BCUT2D eigenvalue weighted by Gasteiger charge is 2.41. The molecule has 278 valence electrons. The van der Waals surface area contributed by atoms with Crippen LogP contribution in [0.15, 0.2) is 101 Å². The molecule has 0 radical (unpaired) electrons. The summed E-state index contributed by atoms with van der Waals surface area (Å²) in [6, 6.07) is 9.24. The average Bonchev–Trinajstić information content (AvgIpc) is 3.15. The number of carbonyl (C=O) groups is 2. The molecule has 3 aliphatic rings. The van der Waals surface area contributed by atoms with E-state index >= 15 is 4.39 Å². The number of nitrogens with zero attached hydrogens (tertiary/aromatic N) is 2. The maximum atomic E-state index is 15.6. The predicted molar refractivity (Wildman–Crippen MR) is 195 cm³/mol. The van der Waals surface area contributed by atoms with Crippen molar-refractivity contribution in [3.05, 3.63) is 112 Å². The van der Waals surface area contributed by atoms with Crippen molar-refractivity contribution >= 4 is 34.4 Å². The van der Waals surface area contributed by atoms with Gasteiger partial charge in [0, 0.05) is 43.2 Å². The first-order valence-electron chi connectivity index (χ1n) is 17.2. The molecule has 2 unspecified atom stereocenters. The van der Waals surface area contributed by atoms with E-state index in [0.29, 0.717) is 16.5 Å². The van der Waals surface area contributed by atoms with Gasteiger partial charge in [0.15, 0.2) is 6.17 Å². The molecule has 0 fully saturated rings. The van der Waals surface area contributed by atoms with Crippen molar-refractivity contribution < 1.29 is 42.5 Å². The number of fused-ring (bicyclic) bond motifs is 1. The predicted octanol–water partition coefficient (Wildman–Crippen LogP) is 7.66. The van der Waals surface area contributed by atoms with Crippen LogP contribution in [0.4, 0.5) is 4.39 Å². The summed E-state index contributed by atoms with van der Waals surface area (Å²) in [5.41, 5.74) is 1.83. The molecule has 1 amide bonds. The van der Waals surface area contributed by atoms with Gasteiger partial charge in [0.1, 0.15) is 23.3 Å². The summed E-state index contributed by atoms with van der Waals surface area (Å²) in [5.74, 6) is 0.429. The van der Waals surface area contributed by atoms with Crippen LogP contribution in [0, 0.1) is 11.3 Å². The molecule has 0 spiro atoms. The van der Waals surface area contributed by atoms with Crippen molar-refractivity contribution in [3.63, 3.8) is 0 Å². The minimum Gasteiger partial charge on any atom is -0.501 e. The topological polar surface area (TPSA) is 106 Å². The molecule has 3 aliphatic carbocycles. The number of esters is 1. The van der Waals surface area contributed by atoms with Gasteiger partial charge in [-0.05, 0) is 61.8 Å². The second-order valence-electron chi connectivity index (χ2n) is 13.3. The average molecular weight is 737 g/mol. The van der Waals surface area contributed by atoms with Crippen LogP contribution in [0.25, 0.3) is 10.9 Å². The zero-order chi connectivity index (χ0) is 37.3. The van der Waals surface area contributed by atoms with Crippen molar-refractivity contribution in [3.8, 4) is 0 Å². The maximum Gasteiger partial charge on any atom is 0.312 e.